The minimum absolute atomic E-state index is 0.163. The van der Waals surface area contributed by atoms with Gasteiger partial charge in [-0.2, -0.15) is 5.10 Å². The first-order chi connectivity index (χ1) is 17.0. The van der Waals surface area contributed by atoms with Gasteiger partial charge in [-0.25, -0.2) is 5.43 Å². The third-order valence-electron chi connectivity index (χ3n) is 5.53. The van der Waals surface area contributed by atoms with E-state index in [2.05, 4.69) is 38.9 Å². The Bertz CT molecular complexity index is 1380. The highest BCUT2D eigenvalue weighted by atomic mass is 32.2. The molecule has 180 valence electrons. The zero-order valence-corrected chi connectivity index (χ0v) is 20.9. The largest absolute Gasteiger partial charge is 0.493 e. The summed E-state index contributed by atoms with van der Waals surface area (Å²) in [6.45, 7) is 4.55. The van der Waals surface area contributed by atoms with Gasteiger partial charge in [-0.1, -0.05) is 54.2 Å². The lowest BCUT2D eigenvalue weighted by Gasteiger charge is -2.11. The lowest BCUT2D eigenvalue weighted by Crippen LogP contribution is -2.21. The molecule has 0 aliphatic carbocycles. The highest BCUT2D eigenvalue weighted by Gasteiger charge is 2.16. The van der Waals surface area contributed by atoms with Crippen molar-refractivity contribution in [3.63, 3.8) is 0 Å². The monoisotopic (exact) mass is 489 g/mol. The second kappa shape index (κ2) is 11.1. The van der Waals surface area contributed by atoms with E-state index in [0.717, 1.165) is 27.6 Å². The van der Waals surface area contributed by atoms with Crippen LogP contribution >= 0.6 is 11.8 Å². The van der Waals surface area contributed by atoms with Gasteiger partial charge in [-0.3, -0.25) is 4.79 Å². The molecule has 4 rings (SSSR count). The van der Waals surface area contributed by atoms with Crippen molar-refractivity contribution in [3.8, 4) is 22.9 Å². The van der Waals surface area contributed by atoms with Crippen LogP contribution in [0.1, 0.15) is 19.4 Å². The minimum Gasteiger partial charge on any atom is -0.493 e. The molecule has 0 spiro atoms. The summed E-state index contributed by atoms with van der Waals surface area (Å²) in [5.74, 6) is 1.90. The highest BCUT2D eigenvalue weighted by Crippen LogP contribution is 2.32. The standard InChI is InChI=1S/C26H27N5O3S/c1-5-31-25(19-13-14-22(33-3)23(15-19)34-4)29-30-26(31)35-16-24(32)28-27-17(2)20-12-8-10-18-9-6-7-11-21(18)20/h6-15H,5,16H2,1-4H3,(H,28,32). The summed E-state index contributed by atoms with van der Waals surface area (Å²) in [6.07, 6.45) is 0. The zero-order chi connectivity index (χ0) is 24.8. The van der Waals surface area contributed by atoms with Crippen molar-refractivity contribution < 1.29 is 14.3 Å². The van der Waals surface area contributed by atoms with E-state index in [-0.39, 0.29) is 11.7 Å². The molecular weight excluding hydrogens is 462 g/mol. The van der Waals surface area contributed by atoms with E-state index in [1.165, 1.54) is 11.8 Å². The van der Waals surface area contributed by atoms with Gasteiger partial charge in [0, 0.05) is 17.7 Å². The van der Waals surface area contributed by atoms with Crippen molar-refractivity contribution in [2.24, 2.45) is 5.10 Å². The summed E-state index contributed by atoms with van der Waals surface area (Å²) in [7, 11) is 3.19. The molecule has 1 aromatic heterocycles. The predicted molar refractivity (Wildman–Crippen MR) is 139 cm³/mol. The third-order valence-corrected chi connectivity index (χ3v) is 6.50. The van der Waals surface area contributed by atoms with Gasteiger partial charge in [-0.15, -0.1) is 10.2 Å². The summed E-state index contributed by atoms with van der Waals surface area (Å²) < 4.78 is 12.7. The molecule has 0 saturated carbocycles. The van der Waals surface area contributed by atoms with E-state index < -0.39 is 0 Å². The number of hydrazone groups is 1. The number of rotatable bonds is 9. The first kappa shape index (κ1) is 24.3. The number of carbonyl (C=O) groups excluding carboxylic acids is 1. The summed E-state index contributed by atoms with van der Waals surface area (Å²) in [6, 6.07) is 19.8. The molecule has 8 nitrogen and oxygen atoms in total. The number of nitrogens with one attached hydrogen (secondary N) is 1. The van der Waals surface area contributed by atoms with Gasteiger partial charge >= 0.3 is 0 Å². The normalized spacial score (nSPS) is 11.5. The lowest BCUT2D eigenvalue weighted by molar-refractivity contribution is -0.118. The second-order valence-electron chi connectivity index (χ2n) is 7.67. The smallest absolute Gasteiger partial charge is 0.250 e. The fourth-order valence-corrected chi connectivity index (χ4v) is 4.57. The summed E-state index contributed by atoms with van der Waals surface area (Å²) in [5, 5.41) is 15.8. The van der Waals surface area contributed by atoms with Crippen LogP contribution in [0.15, 0.2) is 70.9 Å². The van der Waals surface area contributed by atoms with Crippen molar-refractivity contribution in [1.82, 2.24) is 20.2 Å². The van der Waals surface area contributed by atoms with Gasteiger partial charge in [0.15, 0.2) is 22.5 Å². The molecule has 0 saturated heterocycles. The summed E-state index contributed by atoms with van der Waals surface area (Å²) >= 11 is 1.31. The topological polar surface area (TPSA) is 90.6 Å². The Morgan fingerprint density at radius 2 is 1.80 bits per heavy atom. The molecule has 3 aromatic carbocycles. The van der Waals surface area contributed by atoms with Crippen LogP contribution < -0.4 is 14.9 Å². The number of ether oxygens (including phenoxy) is 2. The average molecular weight is 490 g/mol. The highest BCUT2D eigenvalue weighted by molar-refractivity contribution is 7.99. The lowest BCUT2D eigenvalue weighted by atomic mass is 10.0. The molecule has 1 N–H and O–H groups in total. The van der Waals surface area contributed by atoms with Gasteiger partial charge in [0.05, 0.1) is 25.7 Å². The Morgan fingerprint density at radius 1 is 1.03 bits per heavy atom. The molecule has 0 unspecified atom stereocenters. The number of thioether (sulfide) groups is 1. The molecule has 0 fully saturated rings. The number of hydrogen-bond acceptors (Lipinski definition) is 7. The maximum atomic E-state index is 12.5. The van der Waals surface area contributed by atoms with Crippen molar-refractivity contribution in [2.75, 3.05) is 20.0 Å². The number of nitrogens with zero attached hydrogens (tertiary/aromatic N) is 4. The number of fused-ring (bicyclic) bond motifs is 1. The van der Waals surface area contributed by atoms with Gasteiger partial charge in [0.2, 0.25) is 0 Å². The molecule has 0 bridgehead atoms. The van der Waals surface area contributed by atoms with Crippen LogP contribution in [0, 0.1) is 0 Å². The van der Waals surface area contributed by atoms with E-state index in [9.17, 15) is 4.79 Å². The van der Waals surface area contributed by atoms with Crippen molar-refractivity contribution in [1.29, 1.82) is 0 Å². The molecule has 1 amide bonds. The number of benzene rings is 3. The van der Waals surface area contributed by atoms with Crippen LogP contribution in [0.4, 0.5) is 0 Å². The first-order valence-corrected chi connectivity index (χ1v) is 12.1. The van der Waals surface area contributed by atoms with Crippen LogP contribution in [-0.2, 0) is 11.3 Å². The van der Waals surface area contributed by atoms with Crippen LogP contribution in [0.2, 0.25) is 0 Å². The Morgan fingerprint density at radius 3 is 2.57 bits per heavy atom. The molecule has 0 aliphatic rings. The van der Waals surface area contributed by atoms with Crippen molar-refractivity contribution in [2.45, 2.75) is 25.5 Å². The summed E-state index contributed by atoms with van der Waals surface area (Å²) in [5.41, 5.74) is 5.24. The maximum Gasteiger partial charge on any atom is 0.250 e. The molecule has 4 aromatic rings. The first-order valence-electron chi connectivity index (χ1n) is 11.1. The Balaban J connectivity index is 1.44. The van der Waals surface area contributed by atoms with Gasteiger partial charge in [0.25, 0.3) is 5.91 Å². The van der Waals surface area contributed by atoms with E-state index in [1.54, 1.807) is 14.2 Å². The molecule has 35 heavy (non-hydrogen) atoms. The average Bonchev–Trinajstić information content (AvgIpc) is 3.32. The van der Waals surface area contributed by atoms with E-state index in [4.69, 9.17) is 9.47 Å². The number of aromatic nitrogens is 3. The molecule has 9 heteroatoms. The van der Waals surface area contributed by atoms with Crippen LogP contribution in [-0.4, -0.2) is 46.4 Å². The Hall–Kier alpha value is -3.85. The van der Waals surface area contributed by atoms with Gasteiger partial charge < -0.3 is 14.0 Å². The molecule has 0 atom stereocenters. The van der Waals surface area contributed by atoms with E-state index in [1.807, 2.05) is 60.9 Å². The number of carbonyl (C=O) groups is 1. The zero-order valence-electron chi connectivity index (χ0n) is 20.1. The number of methoxy groups -OCH3 is 2. The van der Waals surface area contributed by atoms with Gasteiger partial charge in [0.1, 0.15) is 0 Å². The number of amides is 1. The molecule has 0 aliphatic heterocycles. The fourth-order valence-electron chi connectivity index (χ4n) is 3.78. The van der Waals surface area contributed by atoms with Crippen LogP contribution in [0.5, 0.6) is 11.5 Å². The van der Waals surface area contributed by atoms with E-state index in [0.29, 0.717) is 29.0 Å². The Kier molecular flexibility index (Phi) is 7.67. The number of hydrogen-bond donors (Lipinski definition) is 1. The van der Waals surface area contributed by atoms with Crippen molar-refractivity contribution >= 4 is 34.2 Å². The quantitative estimate of drug-likeness (QED) is 0.207. The Labute approximate surface area is 208 Å². The summed E-state index contributed by atoms with van der Waals surface area (Å²) in [4.78, 5) is 12.5. The SMILES string of the molecule is CCn1c(SCC(=O)NN=C(C)c2cccc3ccccc23)nnc1-c1ccc(OC)c(OC)c1. The van der Waals surface area contributed by atoms with Crippen LogP contribution in [0.25, 0.3) is 22.2 Å². The van der Waals surface area contributed by atoms with Gasteiger partial charge in [-0.05, 0) is 42.8 Å². The molecular formula is C26H27N5O3S. The fraction of sp³-hybridized carbons (Fsp3) is 0.231. The molecule has 1 heterocycles. The predicted octanol–water partition coefficient (Wildman–Crippen LogP) is 4.77. The maximum absolute atomic E-state index is 12.5. The minimum atomic E-state index is -0.215. The molecule has 0 radical (unpaired) electrons. The van der Waals surface area contributed by atoms with E-state index >= 15 is 0 Å². The third kappa shape index (κ3) is 5.30. The van der Waals surface area contributed by atoms with Crippen LogP contribution in [0.3, 0.4) is 0 Å². The second-order valence-corrected chi connectivity index (χ2v) is 8.61. The van der Waals surface area contributed by atoms with Crippen molar-refractivity contribution in [3.05, 3.63) is 66.2 Å².